The third kappa shape index (κ3) is 2.80. The first-order valence-corrected chi connectivity index (χ1v) is 7.10. The largest absolute Gasteiger partial charge is 0.326 e. The number of hydrogen-bond acceptors (Lipinski definition) is 3. The fraction of sp³-hybridized carbons (Fsp3) is 0.533. The zero-order chi connectivity index (χ0) is 13.2. The molecule has 3 rings (SSSR count). The summed E-state index contributed by atoms with van der Waals surface area (Å²) >= 11 is 0. The van der Waals surface area contributed by atoms with Gasteiger partial charge in [-0.05, 0) is 56.9 Å². The maximum atomic E-state index is 5.67. The fourth-order valence-electron chi connectivity index (χ4n) is 2.87. The van der Waals surface area contributed by atoms with Gasteiger partial charge in [-0.1, -0.05) is 6.07 Å². The standard InChI is InChI=1S/C15H22N4/c1-18-6-4-12(5-7-18)8-14-11-19-10-13(9-16)2-3-15(19)17-14/h2-3,10-12H,4-9,16H2,1H3. The molecule has 0 spiro atoms. The molecule has 0 atom stereocenters. The van der Waals surface area contributed by atoms with Crippen molar-refractivity contribution in [3.05, 3.63) is 35.8 Å². The molecule has 0 bridgehead atoms. The first-order valence-electron chi connectivity index (χ1n) is 7.10. The lowest BCUT2D eigenvalue weighted by Crippen LogP contribution is -2.30. The first kappa shape index (κ1) is 12.6. The number of likely N-dealkylation sites (tertiary alicyclic amines) is 1. The summed E-state index contributed by atoms with van der Waals surface area (Å²) in [4.78, 5) is 7.12. The van der Waals surface area contributed by atoms with E-state index in [2.05, 4.69) is 40.9 Å². The summed E-state index contributed by atoms with van der Waals surface area (Å²) in [5.41, 5.74) is 9.06. The number of pyridine rings is 1. The molecule has 1 aliphatic rings. The minimum atomic E-state index is 0.582. The van der Waals surface area contributed by atoms with Gasteiger partial charge in [-0.15, -0.1) is 0 Å². The van der Waals surface area contributed by atoms with Crippen LogP contribution in [0, 0.1) is 5.92 Å². The van der Waals surface area contributed by atoms with Crippen molar-refractivity contribution < 1.29 is 0 Å². The molecule has 0 saturated carbocycles. The highest BCUT2D eigenvalue weighted by Gasteiger charge is 2.18. The van der Waals surface area contributed by atoms with Gasteiger partial charge in [-0.25, -0.2) is 4.98 Å². The Labute approximate surface area is 114 Å². The van der Waals surface area contributed by atoms with E-state index >= 15 is 0 Å². The van der Waals surface area contributed by atoms with E-state index in [1.165, 1.54) is 31.6 Å². The topological polar surface area (TPSA) is 46.6 Å². The normalized spacial score (nSPS) is 18.2. The SMILES string of the molecule is CN1CCC(Cc2cn3cc(CN)ccc3n2)CC1. The maximum absolute atomic E-state index is 5.67. The molecule has 2 aromatic heterocycles. The van der Waals surface area contributed by atoms with Crippen molar-refractivity contribution in [2.45, 2.75) is 25.8 Å². The molecule has 2 N–H and O–H groups in total. The van der Waals surface area contributed by atoms with Gasteiger partial charge in [0.15, 0.2) is 0 Å². The van der Waals surface area contributed by atoms with Crippen molar-refractivity contribution in [1.82, 2.24) is 14.3 Å². The molecular formula is C15H22N4. The molecule has 4 nitrogen and oxygen atoms in total. The second-order valence-electron chi connectivity index (χ2n) is 5.69. The van der Waals surface area contributed by atoms with Crippen LogP contribution in [-0.4, -0.2) is 34.4 Å². The van der Waals surface area contributed by atoms with Crippen LogP contribution in [0.15, 0.2) is 24.5 Å². The van der Waals surface area contributed by atoms with E-state index in [-0.39, 0.29) is 0 Å². The van der Waals surface area contributed by atoms with E-state index in [0.29, 0.717) is 6.54 Å². The lowest BCUT2D eigenvalue weighted by molar-refractivity contribution is 0.218. The molecule has 1 aliphatic heterocycles. The Morgan fingerprint density at radius 2 is 2.05 bits per heavy atom. The Bertz CT molecular complexity index is 552. The fourth-order valence-corrected chi connectivity index (χ4v) is 2.87. The second-order valence-corrected chi connectivity index (χ2v) is 5.69. The molecule has 0 unspecified atom stereocenters. The van der Waals surface area contributed by atoms with Crippen LogP contribution in [0.4, 0.5) is 0 Å². The number of rotatable bonds is 3. The molecule has 0 amide bonds. The Morgan fingerprint density at radius 1 is 1.26 bits per heavy atom. The summed E-state index contributed by atoms with van der Waals surface area (Å²) in [6, 6.07) is 4.11. The minimum Gasteiger partial charge on any atom is -0.326 e. The van der Waals surface area contributed by atoms with Crippen molar-refractivity contribution >= 4 is 5.65 Å². The summed E-state index contributed by atoms with van der Waals surface area (Å²) < 4.78 is 2.10. The number of hydrogen-bond donors (Lipinski definition) is 1. The molecule has 0 aromatic carbocycles. The van der Waals surface area contributed by atoms with Gasteiger partial charge in [0.25, 0.3) is 0 Å². The molecule has 102 valence electrons. The lowest BCUT2D eigenvalue weighted by Gasteiger charge is -2.28. The Morgan fingerprint density at radius 3 is 2.79 bits per heavy atom. The van der Waals surface area contributed by atoms with Crippen molar-refractivity contribution in [1.29, 1.82) is 0 Å². The Hall–Kier alpha value is -1.39. The molecule has 2 aromatic rings. The molecule has 1 saturated heterocycles. The number of imidazole rings is 1. The highest BCUT2D eigenvalue weighted by molar-refractivity contribution is 5.41. The van der Waals surface area contributed by atoms with Crippen molar-refractivity contribution in [2.75, 3.05) is 20.1 Å². The quantitative estimate of drug-likeness (QED) is 0.911. The van der Waals surface area contributed by atoms with Gasteiger partial charge in [0, 0.05) is 18.9 Å². The lowest BCUT2D eigenvalue weighted by atomic mass is 9.93. The zero-order valence-corrected chi connectivity index (χ0v) is 11.5. The van der Waals surface area contributed by atoms with Crippen LogP contribution in [0.25, 0.3) is 5.65 Å². The maximum Gasteiger partial charge on any atom is 0.136 e. The molecule has 19 heavy (non-hydrogen) atoms. The van der Waals surface area contributed by atoms with Crippen molar-refractivity contribution in [2.24, 2.45) is 11.7 Å². The highest BCUT2D eigenvalue weighted by atomic mass is 15.1. The number of fused-ring (bicyclic) bond motifs is 1. The Kier molecular flexibility index (Phi) is 3.53. The zero-order valence-electron chi connectivity index (χ0n) is 11.5. The third-order valence-electron chi connectivity index (χ3n) is 4.13. The van der Waals surface area contributed by atoms with Crippen LogP contribution in [0.1, 0.15) is 24.1 Å². The van der Waals surface area contributed by atoms with Crippen LogP contribution in [0.3, 0.4) is 0 Å². The Balaban J connectivity index is 1.74. The molecular weight excluding hydrogens is 236 g/mol. The first-order chi connectivity index (χ1) is 9.24. The van der Waals surface area contributed by atoms with E-state index in [9.17, 15) is 0 Å². The smallest absolute Gasteiger partial charge is 0.136 e. The number of nitrogens with two attached hydrogens (primary N) is 1. The summed E-state index contributed by atoms with van der Waals surface area (Å²) in [5, 5.41) is 0. The monoisotopic (exact) mass is 258 g/mol. The van der Waals surface area contributed by atoms with E-state index in [0.717, 1.165) is 23.5 Å². The van der Waals surface area contributed by atoms with Crippen LogP contribution in [-0.2, 0) is 13.0 Å². The van der Waals surface area contributed by atoms with Gasteiger partial charge >= 0.3 is 0 Å². The summed E-state index contributed by atoms with van der Waals surface area (Å²) in [7, 11) is 2.20. The van der Waals surface area contributed by atoms with Gasteiger partial charge in [-0.3, -0.25) is 0 Å². The van der Waals surface area contributed by atoms with Crippen LogP contribution in [0.5, 0.6) is 0 Å². The number of aromatic nitrogens is 2. The van der Waals surface area contributed by atoms with E-state index in [1.807, 2.05) is 0 Å². The van der Waals surface area contributed by atoms with Gasteiger partial charge in [0.05, 0.1) is 5.69 Å². The van der Waals surface area contributed by atoms with E-state index in [4.69, 9.17) is 10.7 Å². The molecule has 3 heterocycles. The van der Waals surface area contributed by atoms with E-state index in [1.54, 1.807) is 0 Å². The second kappa shape index (κ2) is 5.31. The molecule has 1 fully saturated rings. The van der Waals surface area contributed by atoms with Gasteiger partial charge in [0.1, 0.15) is 5.65 Å². The van der Waals surface area contributed by atoms with Crippen LogP contribution < -0.4 is 5.73 Å². The number of nitrogens with zero attached hydrogens (tertiary/aromatic N) is 3. The van der Waals surface area contributed by atoms with Gasteiger partial charge < -0.3 is 15.0 Å². The van der Waals surface area contributed by atoms with Gasteiger partial charge in [0.2, 0.25) is 0 Å². The van der Waals surface area contributed by atoms with E-state index < -0.39 is 0 Å². The van der Waals surface area contributed by atoms with Crippen LogP contribution >= 0.6 is 0 Å². The summed E-state index contributed by atoms with van der Waals surface area (Å²) in [5.74, 6) is 0.787. The van der Waals surface area contributed by atoms with Crippen molar-refractivity contribution in [3.8, 4) is 0 Å². The highest BCUT2D eigenvalue weighted by Crippen LogP contribution is 2.20. The van der Waals surface area contributed by atoms with Gasteiger partial charge in [-0.2, -0.15) is 0 Å². The average molecular weight is 258 g/mol. The summed E-state index contributed by atoms with van der Waals surface area (Å²) in [6.07, 6.45) is 7.93. The predicted molar refractivity (Wildman–Crippen MR) is 77.0 cm³/mol. The number of piperidine rings is 1. The third-order valence-corrected chi connectivity index (χ3v) is 4.13. The average Bonchev–Trinajstić information content (AvgIpc) is 2.82. The minimum absolute atomic E-state index is 0.582. The predicted octanol–water partition coefficient (Wildman–Crippen LogP) is 1.68. The molecule has 4 heteroatoms. The summed E-state index contributed by atoms with van der Waals surface area (Å²) in [6.45, 7) is 3.02. The van der Waals surface area contributed by atoms with Crippen LogP contribution in [0.2, 0.25) is 0 Å². The molecule has 0 aliphatic carbocycles. The molecule has 0 radical (unpaired) electrons. The van der Waals surface area contributed by atoms with Crippen molar-refractivity contribution in [3.63, 3.8) is 0 Å².